The topological polar surface area (TPSA) is 65.7 Å². The summed E-state index contributed by atoms with van der Waals surface area (Å²) in [7, 11) is 0. The fraction of sp³-hybridized carbons (Fsp3) is 0.182. The molecule has 0 N–H and O–H groups in total. The number of pyridine rings is 3. The average molecular weight is 584 g/mol. The minimum Gasteiger partial charge on any atom is -0.574 e. The normalized spacial score (nSPS) is 11.2. The van der Waals surface area contributed by atoms with Gasteiger partial charge >= 0.3 is 21.1 Å². The molecule has 4 heterocycles. The molecule has 0 fully saturated rings. The largest absolute Gasteiger partial charge is 2.00 e. The Balaban J connectivity index is 0.00000256. The maximum absolute atomic E-state index is 14.1. The summed E-state index contributed by atoms with van der Waals surface area (Å²) in [6.45, 7) is 5.90. The van der Waals surface area contributed by atoms with Gasteiger partial charge in [0.1, 0.15) is 11.9 Å². The fourth-order valence-electron chi connectivity index (χ4n) is 3.09. The molecule has 5 nitrogen and oxygen atoms in total. The molecule has 0 aromatic carbocycles. The molecule has 0 atom stereocenters. The van der Waals surface area contributed by atoms with E-state index in [-0.39, 0.29) is 26.6 Å². The van der Waals surface area contributed by atoms with E-state index in [2.05, 4.69) is 26.2 Å². The van der Waals surface area contributed by atoms with Crippen molar-refractivity contribution in [2.75, 3.05) is 0 Å². The number of nitrogens with zero attached hydrogens (tertiary/aromatic N) is 5. The van der Waals surface area contributed by atoms with Gasteiger partial charge in [-0.1, -0.05) is 35.5 Å². The van der Waals surface area contributed by atoms with Gasteiger partial charge in [0.2, 0.25) is 0 Å². The van der Waals surface area contributed by atoms with Crippen molar-refractivity contribution in [3.8, 4) is 22.6 Å². The number of aromatic nitrogens is 5. The first-order chi connectivity index (χ1) is 13.9. The summed E-state index contributed by atoms with van der Waals surface area (Å²) in [5.74, 6) is -1.87. The Morgan fingerprint density at radius 2 is 1.57 bits per heavy atom. The second kappa shape index (κ2) is 8.52. The van der Waals surface area contributed by atoms with Crippen LogP contribution in [0, 0.1) is 24.9 Å². The van der Waals surface area contributed by atoms with Crippen LogP contribution in [0.5, 0.6) is 0 Å². The molecule has 0 saturated carbocycles. The molecule has 0 radical (unpaired) electrons. The van der Waals surface area contributed by atoms with Crippen molar-refractivity contribution in [2.45, 2.75) is 26.2 Å². The van der Waals surface area contributed by atoms with Gasteiger partial charge in [-0.15, -0.1) is 6.07 Å². The molecule has 0 aliphatic rings. The summed E-state index contributed by atoms with van der Waals surface area (Å²) < 4.78 is 27.2. The Kier molecular flexibility index (Phi) is 6.22. The van der Waals surface area contributed by atoms with E-state index in [0.29, 0.717) is 11.4 Å². The third-order valence-corrected chi connectivity index (χ3v) is 4.81. The van der Waals surface area contributed by atoms with E-state index in [0.717, 1.165) is 28.7 Å². The number of rotatable bonds is 4. The SMILES string of the molecule is Cc1cn[n-]c1-c1cccc(C(C)(C)c2cccc(-c3[c-]cc(F)nc3F)n2)n1.[Pt+2]. The van der Waals surface area contributed by atoms with Crippen LogP contribution >= 0.6 is 0 Å². The third-order valence-electron chi connectivity index (χ3n) is 4.81. The predicted molar refractivity (Wildman–Crippen MR) is 104 cm³/mol. The molecule has 0 bridgehead atoms. The summed E-state index contributed by atoms with van der Waals surface area (Å²) in [4.78, 5) is 12.6. The van der Waals surface area contributed by atoms with Crippen molar-refractivity contribution < 1.29 is 29.8 Å². The van der Waals surface area contributed by atoms with Crippen molar-refractivity contribution >= 4 is 0 Å². The van der Waals surface area contributed by atoms with E-state index in [1.165, 1.54) is 0 Å². The van der Waals surface area contributed by atoms with E-state index in [4.69, 9.17) is 4.98 Å². The number of halogens is 2. The second-order valence-electron chi connectivity index (χ2n) is 7.21. The molecule has 4 rings (SSSR count). The first-order valence-corrected chi connectivity index (χ1v) is 9.01. The monoisotopic (exact) mass is 584 g/mol. The summed E-state index contributed by atoms with van der Waals surface area (Å²) in [6.07, 6.45) is 1.70. The molecule has 8 heteroatoms. The van der Waals surface area contributed by atoms with Gasteiger partial charge in [0.25, 0.3) is 0 Å². The molecule has 4 aromatic rings. The Morgan fingerprint density at radius 3 is 2.17 bits per heavy atom. The molecular formula is C22H17F2N5Pt. The van der Waals surface area contributed by atoms with Crippen molar-refractivity contribution in [3.63, 3.8) is 0 Å². The van der Waals surface area contributed by atoms with Gasteiger partial charge in [0, 0.05) is 23.0 Å². The number of aryl methyl sites for hydroxylation is 1. The minimum atomic E-state index is -0.946. The molecule has 0 amide bonds. The van der Waals surface area contributed by atoms with Crippen molar-refractivity contribution in [3.05, 3.63) is 83.6 Å². The van der Waals surface area contributed by atoms with Gasteiger partial charge in [-0.2, -0.15) is 0 Å². The zero-order valence-electron chi connectivity index (χ0n) is 16.4. The molecule has 4 aromatic heterocycles. The molecular weight excluding hydrogens is 567 g/mol. The molecule has 154 valence electrons. The van der Waals surface area contributed by atoms with Gasteiger partial charge in [0.15, 0.2) is 0 Å². The van der Waals surface area contributed by atoms with Crippen LogP contribution in [0.15, 0.2) is 48.7 Å². The zero-order valence-corrected chi connectivity index (χ0v) is 18.7. The van der Waals surface area contributed by atoms with E-state index in [1.807, 2.05) is 45.0 Å². The minimum absolute atomic E-state index is 0. The van der Waals surface area contributed by atoms with Gasteiger partial charge in [-0.05, 0) is 50.2 Å². The molecule has 0 spiro atoms. The van der Waals surface area contributed by atoms with Crippen molar-refractivity contribution in [1.29, 1.82) is 0 Å². The summed E-state index contributed by atoms with van der Waals surface area (Å²) in [5, 5.41) is 8.07. The second-order valence-corrected chi connectivity index (χ2v) is 7.21. The maximum Gasteiger partial charge on any atom is 2.00 e. The molecule has 0 saturated heterocycles. The predicted octanol–water partition coefficient (Wildman–Crippen LogP) is 4.27. The van der Waals surface area contributed by atoms with E-state index in [1.54, 1.807) is 18.3 Å². The van der Waals surface area contributed by atoms with Gasteiger partial charge in [-0.3, -0.25) is 9.97 Å². The number of hydrogen-bond donors (Lipinski definition) is 0. The molecule has 0 unspecified atom stereocenters. The van der Waals surface area contributed by atoms with Crippen molar-refractivity contribution in [2.24, 2.45) is 0 Å². The van der Waals surface area contributed by atoms with Crippen LogP contribution in [0.25, 0.3) is 22.6 Å². The Labute approximate surface area is 187 Å². The first-order valence-electron chi connectivity index (χ1n) is 9.01. The number of hydrogen-bond acceptors (Lipinski definition) is 4. The molecule has 30 heavy (non-hydrogen) atoms. The Hall–Kier alpha value is -2.79. The van der Waals surface area contributed by atoms with E-state index in [9.17, 15) is 8.78 Å². The standard InChI is InChI=1S/C22H17F2N5.Pt/c1-13-12-25-29-20(13)16-7-5-9-18(27-16)22(2,3)17-8-4-6-15(26-17)14-10-11-19(23)28-21(14)24;/h4-9,11-12H,1-3H3;/q-2;+2. The van der Waals surface area contributed by atoms with Crippen LogP contribution in [-0.4, -0.2) is 20.1 Å². The zero-order chi connectivity index (χ0) is 20.6. The first kappa shape index (κ1) is 21.9. The van der Waals surface area contributed by atoms with Crippen LogP contribution in [0.2, 0.25) is 0 Å². The quantitative estimate of drug-likeness (QED) is 0.265. The summed E-state index contributed by atoms with van der Waals surface area (Å²) in [6, 6.07) is 14.5. The van der Waals surface area contributed by atoms with Crippen LogP contribution < -0.4 is 5.10 Å². The van der Waals surface area contributed by atoms with E-state index >= 15 is 0 Å². The van der Waals surface area contributed by atoms with E-state index < -0.39 is 17.3 Å². The smallest absolute Gasteiger partial charge is 0.574 e. The summed E-state index contributed by atoms with van der Waals surface area (Å²) >= 11 is 0. The average Bonchev–Trinajstić information content (AvgIpc) is 3.14. The Morgan fingerprint density at radius 1 is 0.933 bits per heavy atom. The Bertz CT molecular complexity index is 1190. The molecule has 0 aliphatic carbocycles. The maximum atomic E-state index is 14.1. The van der Waals surface area contributed by atoms with Crippen LogP contribution in [0.4, 0.5) is 8.78 Å². The van der Waals surface area contributed by atoms with Gasteiger partial charge < -0.3 is 15.2 Å². The summed E-state index contributed by atoms with van der Waals surface area (Å²) in [5.41, 5.74) is 3.64. The fourth-order valence-corrected chi connectivity index (χ4v) is 3.09. The van der Waals surface area contributed by atoms with Gasteiger partial charge in [0.05, 0.1) is 5.69 Å². The van der Waals surface area contributed by atoms with Crippen LogP contribution in [-0.2, 0) is 26.5 Å². The van der Waals surface area contributed by atoms with Crippen molar-refractivity contribution in [1.82, 2.24) is 25.1 Å². The van der Waals surface area contributed by atoms with Crippen LogP contribution in [0.3, 0.4) is 0 Å². The third kappa shape index (κ3) is 4.08. The molecule has 0 aliphatic heterocycles. The van der Waals surface area contributed by atoms with Gasteiger partial charge in [-0.25, -0.2) is 8.78 Å². The van der Waals surface area contributed by atoms with Crippen LogP contribution in [0.1, 0.15) is 30.8 Å².